The minimum Gasteiger partial charge on any atom is -0.299 e. The highest BCUT2D eigenvalue weighted by Gasteiger charge is 2.13. The van der Waals surface area contributed by atoms with Crippen molar-refractivity contribution in [1.29, 1.82) is 0 Å². The number of aryl methyl sites for hydroxylation is 1. The summed E-state index contributed by atoms with van der Waals surface area (Å²) >= 11 is 0. The molecule has 0 fully saturated rings. The fourth-order valence-electron chi connectivity index (χ4n) is 2.29. The molecule has 0 atom stereocenters. The van der Waals surface area contributed by atoms with E-state index in [4.69, 9.17) is 0 Å². The molecular formula is C16H22N2O. The molecule has 102 valence electrons. The summed E-state index contributed by atoms with van der Waals surface area (Å²) in [5.41, 5.74) is 2.04. The van der Waals surface area contributed by atoms with Crippen molar-refractivity contribution >= 4 is 16.7 Å². The predicted octanol–water partition coefficient (Wildman–Crippen LogP) is 3.60. The molecule has 1 aromatic carbocycles. The van der Waals surface area contributed by atoms with Gasteiger partial charge in [-0.1, -0.05) is 32.0 Å². The summed E-state index contributed by atoms with van der Waals surface area (Å²) in [4.78, 5) is 12.0. The zero-order chi connectivity index (χ0) is 13.8. The lowest BCUT2D eigenvalue weighted by atomic mass is 10.0. The highest BCUT2D eigenvalue weighted by atomic mass is 16.1. The second-order valence-electron chi connectivity index (χ2n) is 5.43. The highest BCUT2D eigenvalue weighted by Crippen LogP contribution is 2.19. The third-order valence-corrected chi connectivity index (χ3v) is 3.40. The molecule has 0 saturated heterocycles. The van der Waals surface area contributed by atoms with Crippen LogP contribution in [0.3, 0.4) is 0 Å². The maximum Gasteiger partial charge on any atom is 0.138 e. The number of nitrogens with zero attached hydrogens (tertiary/aromatic N) is 2. The van der Waals surface area contributed by atoms with Gasteiger partial charge in [0, 0.05) is 18.4 Å². The number of hydrogen-bond acceptors (Lipinski definition) is 2. The van der Waals surface area contributed by atoms with E-state index in [9.17, 15) is 4.79 Å². The summed E-state index contributed by atoms with van der Waals surface area (Å²) in [5.74, 6) is 0.870. The van der Waals surface area contributed by atoms with Crippen molar-refractivity contribution in [3.05, 3.63) is 30.0 Å². The van der Waals surface area contributed by atoms with Crippen LogP contribution in [0.25, 0.3) is 10.9 Å². The minimum absolute atomic E-state index is 0.292. The summed E-state index contributed by atoms with van der Waals surface area (Å²) in [6, 6.07) is 8.14. The van der Waals surface area contributed by atoms with Crippen molar-refractivity contribution in [3.63, 3.8) is 0 Å². The van der Waals surface area contributed by atoms with Gasteiger partial charge in [-0.3, -0.25) is 9.48 Å². The lowest BCUT2D eigenvalue weighted by Crippen LogP contribution is -2.06. The first-order valence-corrected chi connectivity index (χ1v) is 7.08. The van der Waals surface area contributed by atoms with Gasteiger partial charge in [0.1, 0.15) is 5.78 Å². The number of carbonyl (C=O) groups excluding carboxylic acids is 1. The summed E-state index contributed by atoms with van der Waals surface area (Å²) in [5, 5.41) is 5.68. The van der Waals surface area contributed by atoms with E-state index < -0.39 is 0 Å². The van der Waals surface area contributed by atoms with Gasteiger partial charge in [-0.25, -0.2) is 0 Å². The summed E-state index contributed by atoms with van der Waals surface area (Å²) in [6.45, 7) is 7.20. The Morgan fingerprint density at radius 3 is 2.74 bits per heavy atom. The third kappa shape index (κ3) is 3.22. The van der Waals surface area contributed by atoms with Crippen molar-refractivity contribution in [3.8, 4) is 0 Å². The van der Waals surface area contributed by atoms with Gasteiger partial charge in [-0.2, -0.15) is 5.10 Å². The first-order chi connectivity index (χ1) is 9.11. The largest absolute Gasteiger partial charge is 0.299 e. The molecule has 0 N–H and O–H groups in total. The number of rotatable bonds is 6. The molecule has 0 radical (unpaired) electrons. The fourth-order valence-corrected chi connectivity index (χ4v) is 2.29. The number of aromatic nitrogens is 2. The van der Waals surface area contributed by atoms with Crippen molar-refractivity contribution in [2.75, 3.05) is 0 Å². The third-order valence-electron chi connectivity index (χ3n) is 3.40. The maximum absolute atomic E-state index is 12.0. The van der Waals surface area contributed by atoms with E-state index in [1.54, 1.807) is 0 Å². The molecule has 0 saturated carbocycles. The van der Waals surface area contributed by atoms with Crippen LogP contribution in [0.15, 0.2) is 24.3 Å². The van der Waals surface area contributed by atoms with Gasteiger partial charge in [0.15, 0.2) is 0 Å². The van der Waals surface area contributed by atoms with E-state index in [0.717, 1.165) is 29.6 Å². The molecule has 2 aromatic rings. The number of benzene rings is 1. The average Bonchev–Trinajstić information content (AvgIpc) is 2.75. The summed E-state index contributed by atoms with van der Waals surface area (Å²) in [6.07, 6.45) is 2.08. The smallest absolute Gasteiger partial charge is 0.138 e. The van der Waals surface area contributed by atoms with Crippen LogP contribution in [-0.2, 0) is 17.8 Å². The van der Waals surface area contributed by atoms with Crippen LogP contribution in [0.2, 0.25) is 0 Å². The normalized spacial score (nSPS) is 11.4. The maximum atomic E-state index is 12.0. The van der Waals surface area contributed by atoms with Gasteiger partial charge in [-0.15, -0.1) is 0 Å². The Morgan fingerprint density at radius 2 is 2.05 bits per heavy atom. The predicted molar refractivity (Wildman–Crippen MR) is 78.2 cm³/mol. The molecule has 0 aliphatic heterocycles. The number of hydrogen-bond donors (Lipinski definition) is 0. The summed E-state index contributed by atoms with van der Waals surface area (Å²) < 4.78 is 1.97. The van der Waals surface area contributed by atoms with Crippen LogP contribution in [0.1, 0.15) is 39.3 Å². The first-order valence-electron chi connectivity index (χ1n) is 7.08. The van der Waals surface area contributed by atoms with Crippen LogP contribution >= 0.6 is 0 Å². The number of fused-ring (bicyclic) bond motifs is 1. The molecule has 0 unspecified atom stereocenters. The van der Waals surface area contributed by atoms with Crippen LogP contribution in [-0.4, -0.2) is 15.6 Å². The van der Waals surface area contributed by atoms with Gasteiger partial charge in [0.25, 0.3) is 0 Å². The van der Waals surface area contributed by atoms with E-state index in [0.29, 0.717) is 24.5 Å². The lowest BCUT2D eigenvalue weighted by molar-refractivity contribution is -0.118. The molecule has 1 aromatic heterocycles. The topological polar surface area (TPSA) is 34.9 Å². The van der Waals surface area contributed by atoms with Crippen molar-refractivity contribution in [1.82, 2.24) is 9.78 Å². The van der Waals surface area contributed by atoms with Crippen LogP contribution < -0.4 is 0 Å². The Morgan fingerprint density at radius 1 is 1.32 bits per heavy atom. The van der Waals surface area contributed by atoms with E-state index >= 15 is 0 Å². The van der Waals surface area contributed by atoms with Crippen LogP contribution in [0.4, 0.5) is 0 Å². The Balaban J connectivity index is 2.18. The van der Waals surface area contributed by atoms with Gasteiger partial charge in [0.2, 0.25) is 0 Å². The molecule has 2 rings (SSSR count). The number of carbonyl (C=O) groups is 1. The van der Waals surface area contributed by atoms with E-state index in [1.807, 2.05) is 16.8 Å². The van der Waals surface area contributed by atoms with Crippen molar-refractivity contribution in [2.45, 2.75) is 46.6 Å². The molecular weight excluding hydrogens is 236 g/mol. The summed E-state index contributed by atoms with van der Waals surface area (Å²) in [7, 11) is 0. The van der Waals surface area contributed by atoms with Gasteiger partial charge in [0.05, 0.1) is 17.6 Å². The standard InChI is InChI=1S/C16H22N2O/c1-4-18-16-8-6-5-7-14(16)15(17-18)11-13(19)10-9-12(2)3/h5-8,12H,4,9-11H2,1-3H3. The second-order valence-corrected chi connectivity index (χ2v) is 5.43. The Labute approximate surface area is 114 Å². The first kappa shape index (κ1) is 13.8. The molecule has 3 heteroatoms. The van der Waals surface area contributed by atoms with Crippen LogP contribution in [0.5, 0.6) is 0 Å². The molecule has 19 heavy (non-hydrogen) atoms. The number of ketones is 1. The molecule has 3 nitrogen and oxygen atoms in total. The second kappa shape index (κ2) is 6.00. The molecule has 0 aliphatic rings. The SMILES string of the molecule is CCn1nc(CC(=O)CCC(C)C)c2ccccc21. The monoisotopic (exact) mass is 258 g/mol. The minimum atomic E-state index is 0.292. The van der Waals surface area contributed by atoms with Crippen molar-refractivity contribution in [2.24, 2.45) is 5.92 Å². The quantitative estimate of drug-likeness (QED) is 0.793. The van der Waals surface area contributed by atoms with Crippen LogP contribution in [0, 0.1) is 5.92 Å². The highest BCUT2D eigenvalue weighted by molar-refractivity contribution is 5.88. The van der Waals surface area contributed by atoms with E-state index in [-0.39, 0.29) is 0 Å². The Bertz CT molecular complexity index is 569. The van der Waals surface area contributed by atoms with Gasteiger partial charge in [-0.05, 0) is 25.3 Å². The van der Waals surface area contributed by atoms with E-state index in [2.05, 4.69) is 38.0 Å². The van der Waals surface area contributed by atoms with E-state index in [1.165, 1.54) is 0 Å². The Hall–Kier alpha value is -1.64. The molecule has 1 heterocycles. The van der Waals surface area contributed by atoms with Crippen molar-refractivity contribution < 1.29 is 4.79 Å². The molecule has 0 amide bonds. The average molecular weight is 258 g/mol. The molecule has 0 spiro atoms. The number of Topliss-reactive ketones (excluding diaryl/α,β-unsaturated/α-hetero) is 1. The molecule has 0 aliphatic carbocycles. The number of para-hydroxylation sites is 1. The fraction of sp³-hybridized carbons (Fsp3) is 0.500. The zero-order valence-electron chi connectivity index (χ0n) is 12.0. The van der Waals surface area contributed by atoms with Gasteiger partial charge < -0.3 is 0 Å². The lowest BCUT2D eigenvalue weighted by Gasteiger charge is -2.02. The Kier molecular flexibility index (Phi) is 4.35. The molecule has 0 bridgehead atoms. The zero-order valence-corrected chi connectivity index (χ0v) is 12.0. The van der Waals surface area contributed by atoms with Gasteiger partial charge >= 0.3 is 0 Å².